The predicted molar refractivity (Wildman–Crippen MR) is 68.6 cm³/mol. The topological polar surface area (TPSA) is 26.7 Å². The molecule has 1 fully saturated rings. The lowest BCUT2D eigenvalue weighted by molar-refractivity contribution is 0.0793. The van der Waals surface area contributed by atoms with Crippen LogP contribution in [0.25, 0.3) is 0 Å². The lowest BCUT2D eigenvalue weighted by atomic mass is 9.96. The fraction of sp³-hybridized carbons (Fsp3) is 1.00. The molecule has 0 bridgehead atoms. The van der Waals surface area contributed by atoms with E-state index in [0.29, 0.717) is 0 Å². The Hall–Kier alpha value is -0.120. The van der Waals surface area contributed by atoms with Crippen molar-refractivity contribution in [1.29, 1.82) is 0 Å². The van der Waals surface area contributed by atoms with E-state index < -0.39 is 0 Å². The molecule has 1 rings (SSSR count). The Morgan fingerprint density at radius 1 is 1.31 bits per heavy atom. The highest BCUT2D eigenvalue weighted by Crippen LogP contribution is 2.18. The first-order valence-electron chi connectivity index (χ1n) is 6.67. The second-order valence-electron chi connectivity index (χ2n) is 5.45. The lowest BCUT2D eigenvalue weighted by Gasteiger charge is -2.34. The highest BCUT2D eigenvalue weighted by atomic mass is 16.3. The summed E-state index contributed by atoms with van der Waals surface area (Å²) < 4.78 is 0. The Balaban J connectivity index is 2.16. The molecular weight excluding hydrogens is 200 g/mol. The van der Waals surface area contributed by atoms with Gasteiger partial charge in [-0.05, 0) is 52.4 Å². The molecule has 0 aromatic rings. The maximum Gasteiger partial charge on any atom is 0.0667 e. The van der Waals surface area contributed by atoms with E-state index in [2.05, 4.69) is 30.8 Å². The van der Waals surface area contributed by atoms with Crippen LogP contribution in [0.3, 0.4) is 0 Å². The van der Waals surface area contributed by atoms with Gasteiger partial charge < -0.3 is 14.9 Å². The molecule has 0 aromatic carbocycles. The third-order valence-corrected chi connectivity index (χ3v) is 3.42. The van der Waals surface area contributed by atoms with Crippen LogP contribution in [-0.4, -0.2) is 61.3 Å². The largest absolute Gasteiger partial charge is 0.392 e. The first-order valence-corrected chi connectivity index (χ1v) is 6.67. The molecule has 3 heteroatoms. The minimum atomic E-state index is -0.115. The van der Waals surface area contributed by atoms with Crippen molar-refractivity contribution in [3.05, 3.63) is 0 Å². The van der Waals surface area contributed by atoms with Gasteiger partial charge in [0.05, 0.1) is 6.10 Å². The van der Waals surface area contributed by atoms with Crippen LogP contribution in [0.5, 0.6) is 0 Å². The van der Waals surface area contributed by atoms with E-state index >= 15 is 0 Å². The van der Waals surface area contributed by atoms with E-state index in [1.165, 1.54) is 32.5 Å². The standard InChI is InChI=1S/C13H28N2O/c1-4-5-13(16)11-15-8-6-12(7-9-15)10-14(2)3/h12-13,16H,4-11H2,1-3H3. The summed E-state index contributed by atoms with van der Waals surface area (Å²) in [6, 6.07) is 0. The molecule has 1 atom stereocenters. The van der Waals surface area contributed by atoms with E-state index in [1.54, 1.807) is 0 Å². The normalized spacial score (nSPS) is 21.6. The van der Waals surface area contributed by atoms with Gasteiger partial charge in [-0.1, -0.05) is 13.3 Å². The SMILES string of the molecule is CCCC(O)CN1CCC(CN(C)C)CC1. The zero-order valence-corrected chi connectivity index (χ0v) is 11.2. The smallest absolute Gasteiger partial charge is 0.0667 e. The van der Waals surface area contributed by atoms with Gasteiger partial charge >= 0.3 is 0 Å². The molecule has 16 heavy (non-hydrogen) atoms. The van der Waals surface area contributed by atoms with Gasteiger partial charge in [0.2, 0.25) is 0 Å². The van der Waals surface area contributed by atoms with E-state index in [9.17, 15) is 5.11 Å². The number of likely N-dealkylation sites (tertiary alicyclic amines) is 1. The highest BCUT2D eigenvalue weighted by Gasteiger charge is 2.20. The van der Waals surface area contributed by atoms with Gasteiger partial charge in [-0.3, -0.25) is 0 Å². The Morgan fingerprint density at radius 3 is 2.44 bits per heavy atom. The first-order chi connectivity index (χ1) is 7.61. The van der Waals surface area contributed by atoms with Crippen molar-refractivity contribution in [1.82, 2.24) is 9.80 Å². The third kappa shape index (κ3) is 5.28. The maximum absolute atomic E-state index is 9.76. The third-order valence-electron chi connectivity index (χ3n) is 3.42. The molecular formula is C13H28N2O. The van der Waals surface area contributed by atoms with E-state index in [1.807, 2.05) is 0 Å². The molecule has 1 aliphatic rings. The highest BCUT2D eigenvalue weighted by molar-refractivity contribution is 4.75. The summed E-state index contributed by atoms with van der Waals surface area (Å²) >= 11 is 0. The van der Waals surface area contributed by atoms with Crippen molar-refractivity contribution in [2.75, 3.05) is 40.3 Å². The van der Waals surface area contributed by atoms with Gasteiger partial charge in [0.25, 0.3) is 0 Å². The van der Waals surface area contributed by atoms with Crippen LogP contribution in [0, 0.1) is 5.92 Å². The van der Waals surface area contributed by atoms with Crippen molar-refractivity contribution in [3.63, 3.8) is 0 Å². The average molecular weight is 228 g/mol. The molecule has 3 nitrogen and oxygen atoms in total. The van der Waals surface area contributed by atoms with Crippen LogP contribution in [0.1, 0.15) is 32.6 Å². The molecule has 0 aromatic heterocycles. The Labute approximate surface area is 100 Å². The molecule has 96 valence electrons. The fourth-order valence-electron chi connectivity index (χ4n) is 2.59. The maximum atomic E-state index is 9.76. The number of piperidine rings is 1. The van der Waals surface area contributed by atoms with Crippen LogP contribution in [0.15, 0.2) is 0 Å². The molecule has 0 aliphatic carbocycles. The molecule has 1 aliphatic heterocycles. The molecule has 0 saturated carbocycles. The summed E-state index contributed by atoms with van der Waals surface area (Å²) in [5, 5.41) is 9.76. The zero-order valence-electron chi connectivity index (χ0n) is 11.2. The second kappa shape index (κ2) is 7.25. The summed E-state index contributed by atoms with van der Waals surface area (Å²) in [5.74, 6) is 0.856. The number of nitrogens with zero attached hydrogens (tertiary/aromatic N) is 2. The summed E-state index contributed by atoms with van der Waals surface area (Å²) in [7, 11) is 4.30. The number of hydrogen-bond donors (Lipinski definition) is 1. The second-order valence-corrected chi connectivity index (χ2v) is 5.45. The summed E-state index contributed by atoms with van der Waals surface area (Å²) in [6.07, 6.45) is 4.49. The van der Waals surface area contributed by atoms with Gasteiger partial charge in [-0.2, -0.15) is 0 Å². The van der Waals surface area contributed by atoms with Crippen LogP contribution < -0.4 is 0 Å². The van der Waals surface area contributed by atoms with Gasteiger partial charge in [0.1, 0.15) is 0 Å². The van der Waals surface area contributed by atoms with E-state index in [-0.39, 0.29) is 6.10 Å². The van der Waals surface area contributed by atoms with Gasteiger partial charge in [0, 0.05) is 13.1 Å². The lowest BCUT2D eigenvalue weighted by Crippen LogP contribution is -2.40. The number of β-amino-alcohol motifs (C(OH)–C–C–N with tert-alkyl or cyclic N) is 1. The van der Waals surface area contributed by atoms with Crippen LogP contribution in [0.2, 0.25) is 0 Å². The van der Waals surface area contributed by atoms with Gasteiger partial charge in [-0.15, -0.1) is 0 Å². The van der Waals surface area contributed by atoms with Crippen LogP contribution in [0.4, 0.5) is 0 Å². The number of aliphatic hydroxyl groups is 1. The van der Waals surface area contributed by atoms with Crippen LogP contribution >= 0.6 is 0 Å². The van der Waals surface area contributed by atoms with E-state index in [4.69, 9.17) is 0 Å². The first kappa shape index (κ1) is 13.9. The molecule has 0 radical (unpaired) electrons. The van der Waals surface area contributed by atoms with E-state index in [0.717, 1.165) is 25.3 Å². The van der Waals surface area contributed by atoms with Gasteiger partial charge in [-0.25, -0.2) is 0 Å². The quantitative estimate of drug-likeness (QED) is 0.745. The Morgan fingerprint density at radius 2 is 1.94 bits per heavy atom. The molecule has 1 saturated heterocycles. The monoisotopic (exact) mass is 228 g/mol. The number of hydrogen-bond acceptors (Lipinski definition) is 3. The minimum Gasteiger partial charge on any atom is -0.392 e. The molecule has 1 N–H and O–H groups in total. The minimum absolute atomic E-state index is 0.115. The van der Waals surface area contributed by atoms with Crippen molar-refractivity contribution in [2.45, 2.75) is 38.7 Å². The summed E-state index contributed by atoms with van der Waals surface area (Å²) in [4.78, 5) is 4.71. The molecule has 0 amide bonds. The van der Waals surface area contributed by atoms with Crippen LogP contribution in [-0.2, 0) is 0 Å². The molecule has 1 unspecified atom stereocenters. The van der Waals surface area contributed by atoms with Crippen molar-refractivity contribution >= 4 is 0 Å². The number of aliphatic hydroxyl groups excluding tert-OH is 1. The van der Waals surface area contributed by atoms with Crippen molar-refractivity contribution < 1.29 is 5.11 Å². The summed E-state index contributed by atoms with van der Waals surface area (Å²) in [5.41, 5.74) is 0. The zero-order chi connectivity index (χ0) is 12.0. The molecule has 0 spiro atoms. The fourth-order valence-corrected chi connectivity index (χ4v) is 2.59. The number of rotatable bonds is 6. The predicted octanol–water partition coefficient (Wildman–Crippen LogP) is 1.42. The molecule has 1 heterocycles. The van der Waals surface area contributed by atoms with Gasteiger partial charge in [0.15, 0.2) is 0 Å². The Bertz CT molecular complexity index is 177. The average Bonchev–Trinajstić information content (AvgIpc) is 2.20. The van der Waals surface area contributed by atoms with Crippen molar-refractivity contribution in [2.24, 2.45) is 5.92 Å². The van der Waals surface area contributed by atoms with Crippen molar-refractivity contribution in [3.8, 4) is 0 Å². The summed E-state index contributed by atoms with van der Waals surface area (Å²) in [6.45, 7) is 6.55. The Kier molecular flexibility index (Phi) is 6.32.